The molecule has 0 atom stereocenters. The molecule has 0 saturated heterocycles. The number of nitrogens with zero attached hydrogens (tertiary/aromatic N) is 2. The third-order valence-electron chi connectivity index (χ3n) is 3.64. The van der Waals surface area contributed by atoms with E-state index in [0.29, 0.717) is 11.1 Å². The first kappa shape index (κ1) is 15.5. The molecular weight excluding hydrogens is 312 g/mol. The number of aromatic nitrogens is 2. The van der Waals surface area contributed by atoms with Crippen LogP contribution in [0.1, 0.15) is 11.1 Å². The van der Waals surface area contributed by atoms with Crippen molar-refractivity contribution in [2.24, 2.45) is 0 Å². The fourth-order valence-electron chi connectivity index (χ4n) is 2.36. The maximum Gasteiger partial charge on any atom is 0.267 e. The van der Waals surface area contributed by atoms with Crippen molar-refractivity contribution in [1.82, 2.24) is 8.96 Å². The molecule has 0 aliphatic rings. The molecule has 0 saturated carbocycles. The summed E-state index contributed by atoms with van der Waals surface area (Å²) in [4.78, 5) is 4.16. The third kappa shape index (κ3) is 2.91. The zero-order valence-corrected chi connectivity index (χ0v) is 13.4. The molecule has 0 fully saturated rings. The van der Waals surface area contributed by atoms with Crippen LogP contribution in [0.4, 0.5) is 0 Å². The average molecular weight is 328 g/mol. The molecule has 0 radical (unpaired) electrons. The van der Waals surface area contributed by atoms with Crippen molar-refractivity contribution in [1.29, 1.82) is 0 Å². The minimum Gasteiger partial charge on any atom is -0.392 e. The highest BCUT2D eigenvalue weighted by atomic mass is 32.2. The summed E-state index contributed by atoms with van der Waals surface area (Å²) in [5.74, 6) is 0. The van der Waals surface area contributed by atoms with E-state index < -0.39 is 10.0 Å². The first-order valence-electron chi connectivity index (χ1n) is 7.07. The van der Waals surface area contributed by atoms with Gasteiger partial charge in [0.2, 0.25) is 0 Å². The Morgan fingerprint density at radius 1 is 1.04 bits per heavy atom. The second-order valence-corrected chi connectivity index (χ2v) is 7.08. The predicted molar refractivity (Wildman–Crippen MR) is 87.3 cm³/mol. The predicted octanol–water partition coefficient (Wildman–Crippen LogP) is 2.59. The molecule has 2 heterocycles. The Kier molecular flexibility index (Phi) is 4.02. The number of benzene rings is 1. The fourth-order valence-corrected chi connectivity index (χ4v) is 3.59. The highest BCUT2D eigenvalue weighted by Crippen LogP contribution is 2.27. The number of hydrogen-bond donors (Lipinski definition) is 1. The largest absolute Gasteiger partial charge is 0.392 e. The van der Waals surface area contributed by atoms with Gasteiger partial charge in [0, 0.05) is 35.9 Å². The van der Waals surface area contributed by atoms with E-state index >= 15 is 0 Å². The van der Waals surface area contributed by atoms with Crippen molar-refractivity contribution in [3.05, 3.63) is 72.3 Å². The quantitative estimate of drug-likeness (QED) is 0.799. The molecule has 6 heteroatoms. The topological polar surface area (TPSA) is 72.2 Å². The monoisotopic (exact) mass is 328 g/mol. The lowest BCUT2D eigenvalue weighted by Gasteiger charge is -2.05. The molecular formula is C17H16N2O3S. The molecule has 0 aliphatic carbocycles. The number of hydrogen-bond acceptors (Lipinski definition) is 4. The van der Waals surface area contributed by atoms with Crippen molar-refractivity contribution in [3.63, 3.8) is 0 Å². The van der Waals surface area contributed by atoms with Gasteiger partial charge in [-0.25, -0.2) is 12.4 Å². The maximum atomic E-state index is 12.7. The van der Waals surface area contributed by atoms with Crippen molar-refractivity contribution < 1.29 is 13.5 Å². The summed E-state index contributed by atoms with van der Waals surface area (Å²) in [6, 6.07) is 10.2. The highest BCUT2D eigenvalue weighted by molar-refractivity contribution is 7.90. The smallest absolute Gasteiger partial charge is 0.267 e. The Morgan fingerprint density at radius 2 is 1.70 bits per heavy atom. The summed E-state index contributed by atoms with van der Waals surface area (Å²) in [7, 11) is -3.69. The summed E-state index contributed by atoms with van der Waals surface area (Å²) >= 11 is 0. The van der Waals surface area contributed by atoms with Gasteiger partial charge < -0.3 is 5.11 Å². The van der Waals surface area contributed by atoms with Crippen LogP contribution in [0.5, 0.6) is 0 Å². The van der Waals surface area contributed by atoms with Crippen LogP contribution >= 0.6 is 0 Å². The van der Waals surface area contributed by atoms with Gasteiger partial charge in [-0.15, -0.1) is 0 Å². The average Bonchev–Trinajstić information content (AvgIpc) is 3.01. The van der Waals surface area contributed by atoms with E-state index in [1.165, 1.54) is 12.4 Å². The first-order valence-corrected chi connectivity index (χ1v) is 8.51. The molecule has 5 nitrogen and oxygen atoms in total. The lowest BCUT2D eigenvalue weighted by molar-refractivity contribution is 0.282. The third-order valence-corrected chi connectivity index (χ3v) is 5.28. The van der Waals surface area contributed by atoms with Gasteiger partial charge in [0.1, 0.15) is 0 Å². The minimum absolute atomic E-state index is 0.212. The van der Waals surface area contributed by atoms with Crippen LogP contribution in [0.2, 0.25) is 0 Å². The number of rotatable bonds is 4. The lowest BCUT2D eigenvalue weighted by atomic mass is 10.1. The van der Waals surface area contributed by atoms with E-state index in [9.17, 15) is 13.5 Å². The summed E-state index contributed by atoms with van der Waals surface area (Å²) in [6.07, 6.45) is 6.23. The minimum atomic E-state index is -3.69. The molecule has 118 valence electrons. The van der Waals surface area contributed by atoms with Gasteiger partial charge in [0.15, 0.2) is 0 Å². The van der Waals surface area contributed by atoms with E-state index in [2.05, 4.69) is 4.98 Å². The van der Waals surface area contributed by atoms with Gasteiger partial charge >= 0.3 is 0 Å². The summed E-state index contributed by atoms with van der Waals surface area (Å²) < 4.78 is 26.6. The Bertz CT molecular complexity index is 914. The van der Waals surface area contributed by atoms with Gasteiger partial charge in [-0.2, -0.15) is 0 Å². The molecule has 1 N–H and O–H groups in total. The molecule has 1 aromatic carbocycles. The molecule has 2 aromatic heterocycles. The summed E-state index contributed by atoms with van der Waals surface area (Å²) in [6.45, 7) is 1.66. The van der Waals surface area contributed by atoms with Gasteiger partial charge in [-0.05, 0) is 36.8 Å². The zero-order valence-electron chi connectivity index (χ0n) is 12.5. The molecule has 0 unspecified atom stereocenters. The molecule has 0 bridgehead atoms. The lowest BCUT2D eigenvalue weighted by Crippen LogP contribution is -2.10. The highest BCUT2D eigenvalue weighted by Gasteiger charge is 2.19. The van der Waals surface area contributed by atoms with Crippen LogP contribution in [-0.2, 0) is 16.6 Å². The van der Waals surface area contributed by atoms with Crippen LogP contribution < -0.4 is 0 Å². The van der Waals surface area contributed by atoms with Crippen molar-refractivity contribution in [3.8, 4) is 11.1 Å². The van der Waals surface area contributed by atoms with Crippen LogP contribution in [-0.4, -0.2) is 22.5 Å². The number of pyridine rings is 1. The normalized spacial score (nSPS) is 11.6. The first-order chi connectivity index (χ1) is 11.0. The summed E-state index contributed by atoms with van der Waals surface area (Å²) in [5, 5.41) is 9.54. The fraction of sp³-hybridized carbons (Fsp3) is 0.118. The van der Waals surface area contributed by atoms with Crippen molar-refractivity contribution >= 4 is 10.0 Å². The van der Waals surface area contributed by atoms with E-state index in [-0.39, 0.29) is 11.5 Å². The van der Waals surface area contributed by atoms with E-state index in [0.717, 1.165) is 15.1 Å². The molecule has 0 amide bonds. The molecule has 3 rings (SSSR count). The standard InChI is InChI=1S/C17H16N2O3S/c1-13-2-4-16(5-3-13)23(21,22)19-10-15(12-20)17(11-19)14-6-8-18-9-7-14/h2-11,20H,12H2,1H3. The van der Waals surface area contributed by atoms with Crippen LogP contribution in [0.3, 0.4) is 0 Å². The van der Waals surface area contributed by atoms with E-state index in [1.54, 1.807) is 48.8 Å². The second kappa shape index (κ2) is 5.98. The zero-order chi connectivity index (χ0) is 16.4. The number of aliphatic hydroxyl groups excluding tert-OH is 1. The van der Waals surface area contributed by atoms with Crippen molar-refractivity contribution in [2.75, 3.05) is 0 Å². The maximum absolute atomic E-state index is 12.7. The van der Waals surface area contributed by atoms with Gasteiger partial charge in [0.25, 0.3) is 10.0 Å². The van der Waals surface area contributed by atoms with Crippen LogP contribution in [0.25, 0.3) is 11.1 Å². The SMILES string of the molecule is Cc1ccc(S(=O)(=O)n2cc(CO)c(-c3ccncc3)c2)cc1. The van der Waals surface area contributed by atoms with Gasteiger partial charge in [0.05, 0.1) is 11.5 Å². The number of aliphatic hydroxyl groups is 1. The number of aryl methyl sites for hydroxylation is 1. The Balaban J connectivity index is 2.10. The molecule has 0 spiro atoms. The van der Waals surface area contributed by atoms with Crippen molar-refractivity contribution in [2.45, 2.75) is 18.4 Å². The van der Waals surface area contributed by atoms with Crippen LogP contribution in [0, 0.1) is 6.92 Å². The summed E-state index contributed by atoms with van der Waals surface area (Å²) in [5.41, 5.74) is 3.02. The molecule has 3 aromatic rings. The van der Waals surface area contributed by atoms with Gasteiger partial charge in [-0.1, -0.05) is 17.7 Å². The van der Waals surface area contributed by atoms with Gasteiger partial charge in [-0.3, -0.25) is 4.98 Å². The Morgan fingerprint density at radius 3 is 2.30 bits per heavy atom. The Hall–Kier alpha value is -2.44. The molecule has 23 heavy (non-hydrogen) atoms. The van der Waals surface area contributed by atoms with E-state index in [1.807, 2.05) is 6.92 Å². The van der Waals surface area contributed by atoms with Crippen LogP contribution in [0.15, 0.2) is 66.1 Å². The second-order valence-electron chi connectivity index (χ2n) is 5.24. The van der Waals surface area contributed by atoms with E-state index in [4.69, 9.17) is 0 Å². The Labute approximate surface area is 134 Å². The molecule has 0 aliphatic heterocycles.